The molecule has 0 saturated heterocycles. The first-order valence-electron chi connectivity index (χ1n) is 8.92. The number of rotatable bonds is 7. The van der Waals surface area contributed by atoms with Gasteiger partial charge in [-0.1, -0.05) is 24.8 Å². The molecule has 3 rings (SSSR count). The van der Waals surface area contributed by atoms with Crippen molar-refractivity contribution in [1.82, 2.24) is 9.97 Å². The van der Waals surface area contributed by atoms with E-state index in [0.717, 1.165) is 16.7 Å². The van der Waals surface area contributed by atoms with Crippen LogP contribution in [-0.4, -0.2) is 25.5 Å². The molecule has 0 fully saturated rings. The zero-order valence-electron chi connectivity index (χ0n) is 16.7. The molecule has 0 amide bonds. The van der Waals surface area contributed by atoms with Crippen molar-refractivity contribution in [3.63, 3.8) is 0 Å². The van der Waals surface area contributed by atoms with Gasteiger partial charge in [0.05, 0.1) is 24.7 Å². The van der Waals surface area contributed by atoms with Crippen LogP contribution in [0.4, 0.5) is 11.4 Å². The van der Waals surface area contributed by atoms with Gasteiger partial charge in [-0.05, 0) is 59.1 Å². The summed E-state index contributed by atoms with van der Waals surface area (Å²) >= 11 is 3.32. The molecule has 0 saturated carbocycles. The molecule has 0 aliphatic heterocycles. The standard InChI is InChI=1S/C21H21BrN4O3S/c1-13-6-5-7-14(2)20(13)26-30(27,28)18-11-17(12-24-21(18)29-4)25-15(3)16-8-9-23-19(22)10-16/h5-12,25-26H,3H2,1-2,4H3. The number of sulfonamides is 1. The van der Waals surface area contributed by atoms with E-state index in [4.69, 9.17) is 4.74 Å². The third kappa shape index (κ3) is 4.80. The van der Waals surface area contributed by atoms with Crippen molar-refractivity contribution in [2.24, 2.45) is 0 Å². The summed E-state index contributed by atoms with van der Waals surface area (Å²) in [5, 5.41) is 3.08. The Kier molecular flexibility index (Phi) is 6.42. The number of methoxy groups -OCH3 is 1. The van der Waals surface area contributed by atoms with E-state index in [1.165, 1.54) is 19.4 Å². The minimum atomic E-state index is -3.96. The van der Waals surface area contributed by atoms with Gasteiger partial charge in [0.15, 0.2) is 4.90 Å². The Morgan fingerprint density at radius 3 is 2.47 bits per heavy atom. The number of anilines is 2. The molecule has 1 aromatic carbocycles. The van der Waals surface area contributed by atoms with Gasteiger partial charge in [0.2, 0.25) is 5.88 Å². The number of hydrogen-bond acceptors (Lipinski definition) is 6. The highest BCUT2D eigenvalue weighted by atomic mass is 79.9. The van der Waals surface area contributed by atoms with Crippen molar-refractivity contribution in [3.05, 3.63) is 76.7 Å². The van der Waals surface area contributed by atoms with E-state index in [1.54, 1.807) is 18.3 Å². The number of para-hydroxylation sites is 1. The molecule has 0 aliphatic rings. The number of halogens is 1. The van der Waals surface area contributed by atoms with Crippen LogP contribution < -0.4 is 14.8 Å². The van der Waals surface area contributed by atoms with Crippen molar-refractivity contribution in [2.45, 2.75) is 18.7 Å². The molecule has 2 aromatic heterocycles. The van der Waals surface area contributed by atoms with E-state index >= 15 is 0 Å². The van der Waals surface area contributed by atoms with Gasteiger partial charge in [-0.15, -0.1) is 0 Å². The van der Waals surface area contributed by atoms with Crippen LogP contribution in [0.3, 0.4) is 0 Å². The summed E-state index contributed by atoms with van der Waals surface area (Å²) < 4.78 is 34.8. The van der Waals surface area contributed by atoms with E-state index in [0.29, 0.717) is 21.7 Å². The fourth-order valence-corrected chi connectivity index (χ4v) is 4.56. The maximum Gasteiger partial charge on any atom is 0.267 e. The molecular weight excluding hydrogens is 468 g/mol. The summed E-state index contributed by atoms with van der Waals surface area (Å²) in [5.41, 5.74) is 3.98. The Labute approximate surface area is 184 Å². The first-order chi connectivity index (χ1) is 14.2. The summed E-state index contributed by atoms with van der Waals surface area (Å²) in [6.45, 7) is 7.69. The van der Waals surface area contributed by atoms with E-state index in [9.17, 15) is 8.42 Å². The van der Waals surface area contributed by atoms with Gasteiger partial charge in [0.25, 0.3) is 10.0 Å². The van der Waals surface area contributed by atoms with Gasteiger partial charge < -0.3 is 10.1 Å². The zero-order chi connectivity index (χ0) is 21.9. The molecule has 0 atom stereocenters. The first-order valence-corrected chi connectivity index (χ1v) is 11.2. The third-order valence-electron chi connectivity index (χ3n) is 4.39. The van der Waals surface area contributed by atoms with Crippen LogP contribution in [0.25, 0.3) is 5.70 Å². The van der Waals surface area contributed by atoms with Crippen molar-refractivity contribution in [3.8, 4) is 5.88 Å². The highest BCUT2D eigenvalue weighted by Gasteiger charge is 2.23. The quantitative estimate of drug-likeness (QED) is 0.466. The second-order valence-electron chi connectivity index (χ2n) is 6.57. The predicted octanol–water partition coefficient (Wildman–Crippen LogP) is 4.75. The molecule has 7 nitrogen and oxygen atoms in total. The molecule has 30 heavy (non-hydrogen) atoms. The lowest BCUT2D eigenvalue weighted by Crippen LogP contribution is -2.16. The average molecular weight is 489 g/mol. The molecule has 0 aliphatic carbocycles. The van der Waals surface area contributed by atoms with Crippen LogP contribution in [0.5, 0.6) is 5.88 Å². The summed E-state index contributed by atoms with van der Waals surface area (Å²) in [5.74, 6) is -0.00319. The first kappa shape index (κ1) is 21.8. The Morgan fingerprint density at radius 2 is 1.83 bits per heavy atom. The maximum atomic E-state index is 13.1. The van der Waals surface area contributed by atoms with Gasteiger partial charge in [-0.25, -0.2) is 18.4 Å². The summed E-state index contributed by atoms with van der Waals surface area (Å²) in [6, 6.07) is 10.6. The summed E-state index contributed by atoms with van der Waals surface area (Å²) in [4.78, 5) is 8.15. The van der Waals surface area contributed by atoms with Gasteiger partial charge in [-0.2, -0.15) is 0 Å². The van der Waals surface area contributed by atoms with Crippen LogP contribution in [0.15, 0.2) is 64.9 Å². The van der Waals surface area contributed by atoms with E-state index < -0.39 is 10.0 Å². The van der Waals surface area contributed by atoms with Crippen LogP contribution in [0.1, 0.15) is 16.7 Å². The van der Waals surface area contributed by atoms with Crippen LogP contribution in [-0.2, 0) is 10.0 Å². The fraction of sp³-hybridized carbons (Fsp3) is 0.143. The second-order valence-corrected chi connectivity index (χ2v) is 9.04. The van der Waals surface area contributed by atoms with E-state index in [2.05, 4.69) is 42.5 Å². The second kappa shape index (κ2) is 8.85. The molecular formula is C21H21BrN4O3S. The number of benzene rings is 1. The lowest BCUT2D eigenvalue weighted by atomic mass is 10.1. The van der Waals surface area contributed by atoms with Crippen molar-refractivity contribution in [1.29, 1.82) is 0 Å². The molecule has 2 N–H and O–H groups in total. The lowest BCUT2D eigenvalue weighted by molar-refractivity contribution is 0.385. The number of aryl methyl sites for hydroxylation is 2. The van der Waals surface area contributed by atoms with Crippen LogP contribution >= 0.6 is 15.9 Å². The number of nitrogens with zero attached hydrogens (tertiary/aromatic N) is 2. The minimum absolute atomic E-state index is 0.00319. The van der Waals surface area contributed by atoms with E-state index in [1.807, 2.05) is 32.0 Å². The van der Waals surface area contributed by atoms with Crippen molar-refractivity contribution >= 4 is 43.0 Å². The lowest BCUT2D eigenvalue weighted by Gasteiger charge is -2.16. The topological polar surface area (TPSA) is 93.2 Å². The van der Waals surface area contributed by atoms with Crippen LogP contribution in [0.2, 0.25) is 0 Å². The largest absolute Gasteiger partial charge is 0.480 e. The van der Waals surface area contributed by atoms with Crippen LogP contribution in [0, 0.1) is 13.8 Å². The Morgan fingerprint density at radius 1 is 1.13 bits per heavy atom. The minimum Gasteiger partial charge on any atom is -0.480 e. The molecule has 0 unspecified atom stereocenters. The SMILES string of the molecule is C=C(Nc1cnc(OC)c(S(=O)(=O)Nc2c(C)cccc2C)c1)c1ccnc(Br)c1. The molecule has 9 heteroatoms. The van der Waals surface area contributed by atoms with Crippen molar-refractivity contribution < 1.29 is 13.2 Å². The zero-order valence-corrected chi connectivity index (χ0v) is 19.1. The molecule has 0 spiro atoms. The van der Waals surface area contributed by atoms with Gasteiger partial charge in [0, 0.05) is 17.5 Å². The Balaban J connectivity index is 1.95. The smallest absolute Gasteiger partial charge is 0.267 e. The summed E-state index contributed by atoms with van der Waals surface area (Å²) in [6.07, 6.45) is 3.13. The van der Waals surface area contributed by atoms with E-state index in [-0.39, 0.29) is 10.8 Å². The number of nitrogens with one attached hydrogen (secondary N) is 2. The van der Waals surface area contributed by atoms with Crippen molar-refractivity contribution in [2.75, 3.05) is 17.1 Å². The third-order valence-corrected chi connectivity index (χ3v) is 6.17. The number of aromatic nitrogens is 2. The molecule has 3 aromatic rings. The molecule has 2 heterocycles. The molecule has 0 bridgehead atoms. The van der Waals surface area contributed by atoms with Gasteiger partial charge in [0.1, 0.15) is 4.60 Å². The molecule has 156 valence electrons. The number of pyridine rings is 2. The van der Waals surface area contributed by atoms with Gasteiger partial charge >= 0.3 is 0 Å². The monoisotopic (exact) mass is 488 g/mol. The predicted molar refractivity (Wildman–Crippen MR) is 122 cm³/mol. The Hall–Kier alpha value is -2.91. The molecule has 0 radical (unpaired) electrons. The number of ether oxygens (including phenoxy) is 1. The average Bonchev–Trinajstić information content (AvgIpc) is 2.71. The number of hydrogen-bond donors (Lipinski definition) is 2. The fourth-order valence-electron chi connectivity index (χ4n) is 2.85. The summed E-state index contributed by atoms with van der Waals surface area (Å²) in [7, 11) is -2.58. The Bertz CT molecular complexity index is 1190. The van der Waals surface area contributed by atoms with Gasteiger partial charge in [-0.3, -0.25) is 4.72 Å². The normalized spacial score (nSPS) is 11.1. The highest BCUT2D eigenvalue weighted by Crippen LogP contribution is 2.30. The maximum absolute atomic E-state index is 13.1. The highest BCUT2D eigenvalue weighted by molar-refractivity contribution is 9.10.